The van der Waals surface area contributed by atoms with Crippen LogP contribution in [-0.2, 0) is 0 Å². The molecular formula is C19H24N4O2. The van der Waals surface area contributed by atoms with E-state index in [1.165, 1.54) is 6.92 Å². The van der Waals surface area contributed by atoms with E-state index >= 15 is 0 Å². The van der Waals surface area contributed by atoms with Crippen LogP contribution in [0.1, 0.15) is 59.7 Å². The van der Waals surface area contributed by atoms with E-state index in [0.717, 1.165) is 24.9 Å². The molecule has 132 valence electrons. The van der Waals surface area contributed by atoms with E-state index in [9.17, 15) is 9.59 Å². The summed E-state index contributed by atoms with van der Waals surface area (Å²) in [5.74, 6) is 0.172. The minimum Gasteiger partial charge on any atom is -0.351 e. The molecule has 0 aliphatic rings. The number of hydrogen-bond acceptors (Lipinski definition) is 5. The molecule has 0 unspecified atom stereocenters. The Morgan fingerprint density at radius 1 is 1.08 bits per heavy atom. The van der Waals surface area contributed by atoms with Crippen LogP contribution in [0, 0.1) is 6.92 Å². The fourth-order valence-corrected chi connectivity index (χ4v) is 2.33. The molecule has 2 rings (SSSR count). The molecule has 2 aromatic rings. The van der Waals surface area contributed by atoms with Crippen LogP contribution in [0.5, 0.6) is 0 Å². The van der Waals surface area contributed by atoms with Gasteiger partial charge in [0.2, 0.25) is 5.95 Å². The van der Waals surface area contributed by atoms with Gasteiger partial charge in [-0.2, -0.15) is 0 Å². The predicted molar refractivity (Wildman–Crippen MR) is 98.4 cm³/mol. The number of Topliss-reactive ketones (excluding diaryl/α,β-unsaturated/α-hetero) is 1. The zero-order valence-corrected chi connectivity index (χ0v) is 14.9. The molecule has 0 aliphatic heterocycles. The number of rotatable bonds is 8. The van der Waals surface area contributed by atoms with Crippen LogP contribution < -0.4 is 10.6 Å². The quantitative estimate of drug-likeness (QED) is 0.566. The Kier molecular flexibility index (Phi) is 6.62. The highest BCUT2D eigenvalue weighted by molar-refractivity contribution is 5.94. The number of unbranched alkanes of at least 4 members (excludes halogenated alkanes) is 2. The molecule has 0 saturated heterocycles. The van der Waals surface area contributed by atoms with Gasteiger partial charge in [-0.1, -0.05) is 19.8 Å². The van der Waals surface area contributed by atoms with Gasteiger partial charge in [0.1, 0.15) is 5.69 Å². The van der Waals surface area contributed by atoms with Gasteiger partial charge >= 0.3 is 0 Å². The first-order chi connectivity index (χ1) is 12.0. The lowest BCUT2D eigenvalue weighted by molar-refractivity contribution is 0.0947. The fourth-order valence-electron chi connectivity index (χ4n) is 2.33. The number of aryl methyl sites for hydroxylation is 1. The molecule has 6 heteroatoms. The average Bonchev–Trinajstić information content (AvgIpc) is 2.58. The fraction of sp³-hybridized carbons (Fsp3) is 0.368. The maximum absolute atomic E-state index is 12.2. The van der Waals surface area contributed by atoms with Gasteiger partial charge in [0.25, 0.3) is 5.91 Å². The first-order valence-electron chi connectivity index (χ1n) is 8.51. The van der Waals surface area contributed by atoms with Gasteiger partial charge in [-0.05, 0) is 50.6 Å². The molecule has 0 bridgehead atoms. The number of nitrogens with one attached hydrogen (secondary N) is 2. The lowest BCUT2D eigenvalue weighted by Crippen LogP contribution is -2.25. The predicted octanol–water partition coefficient (Wildman–Crippen LogP) is 3.65. The van der Waals surface area contributed by atoms with Gasteiger partial charge < -0.3 is 10.6 Å². The van der Waals surface area contributed by atoms with E-state index < -0.39 is 0 Å². The second-order valence-corrected chi connectivity index (χ2v) is 5.94. The Hall–Kier alpha value is -2.76. The van der Waals surface area contributed by atoms with Crippen molar-refractivity contribution in [1.82, 2.24) is 15.3 Å². The van der Waals surface area contributed by atoms with Crippen LogP contribution in [0.25, 0.3) is 0 Å². The lowest BCUT2D eigenvalue weighted by atomic mass is 10.1. The minimum atomic E-state index is -0.198. The zero-order chi connectivity index (χ0) is 18.2. The van der Waals surface area contributed by atoms with E-state index in [-0.39, 0.29) is 11.7 Å². The molecule has 0 radical (unpaired) electrons. The number of carbonyl (C=O) groups excluding carboxylic acids is 2. The van der Waals surface area contributed by atoms with E-state index in [4.69, 9.17) is 0 Å². The van der Waals surface area contributed by atoms with Crippen molar-refractivity contribution in [3.63, 3.8) is 0 Å². The molecule has 6 nitrogen and oxygen atoms in total. The molecule has 1 heterocycles. The molecule has 0 saturated carbocycles. The summed E-state index contributed by atoms with van der Waals surface area (Å²) in [6, 6.07) is 8.71. The topological polar surface area (TPSA) is 84.0 Å². The van der Waals surface area contributed by atoms with Crippen molar-refractivity contribution < 1.29 is 9.59 Å². The maximum atomic E-state index is 12.2. The monoisotopic (exact) mass is 340 g/mol. The molecule has 0 spiro atoms. The van der Waals surface area contributed by atoms with Gasteiger partial charge in [-0.25, -0.2) is 9.97 Å². The first-order valence-corrected chi connectivity index (χ1v) is 8.51. The molecule has 1 aromatic carbocycles. The van der Waals surface area contributed by atoms with Gasteiger partial charge in [0.05, 0.1) is 0 Å². The van der Waals surface area contributed by atoms with Gasteiger partial charge in [-0.15, -0.1) is 0 Å². The van der Waals surface area contributed by atoms with Crippen molar-refractivity contribution >= 4 is 23.3 Å². The number of carbonyl (C=O) groups is 2. The minimum absolute atomic E-state index is 0.0142. The summed E-state index contributed by atoms with van der Waals surface area (Å²) in [6.07, 6.45) is 3.16. The molecule has 2 N–H and O–H groups in total. The maximum Gasteiger partial charge on any atom is 0.270 e. The van der Waals surface area contributed by atoms with Gasteiger partial charge in [0, 0.05) is 23.5 Å². The molecule has 0 atom stereocenters. The summed E-state index contributed by atoms with van der Waals surface area (Å²) in [6.45, 7) is 6.11. The largest absolute Gasteiger partial charge is 0.351 e. The van der Waals surface area contributed by atoms with Crippen LogP contribution in [0.4, 0.5) is 11.6 Å². The third-order valence-electron chi connectivity index (χ3n) is 3.70. The molecule has 1 amide bonds. The molecule has 1 aromatic heterocycles. The number of amides is 1. The number of anilines is 2. The first kappa shape index (κ1) is 18.6. The van der Waals surface area contributed by atoms with Gasteiger partial charge in [0.15, 0.2) is 5.78 Å². The van der Waals surface area contributed by atoms with Crippen molar-refractivity contribution in [3.8, 4) is 0 Å². The van der Waals surface area contributed by atoms with Crippen LogP contribution in [0.15, 0.2) is 30.3 Å². The Balaban J connectivity index is 2.07. The van der Waals surface area contributed by atoms with Crippen molar-refractivity contribution in [1.29, 1.82) is 0 Å². The second-order valence-electron chi connectivity index (χ2n) is 5.94. The second kappa shape index (κ2) is 8.92. The van der Waals surface area contributed by atoms with E-state index in [1.807, 2.05) is 6.92 Å². The highest BCUT2D eigenvalue weighted by atomic mass is 16.1. The Morgan fingerprint density at radius 2 is 1.80 bits per heavy atom. The van der Waals surface area contributed by atoms with Gasteiger partial charge in [-0.3, -0.25) is 9.59 Å². The van der Waals surface area contributed by atoms with Crippen molar-refractivity contribution in [2.75, 3.05) is 11.9 Å². The number of hydrogen-bond donors (Lipinski definition) is 2. The van der Waals surface area contributed by atoms with Crippen molar-refractivity contribution in [3.05, 3.63) is 47.3 Å². The van der Waals surface area contributed by atoms with Crippen LogP contribution in [0.2, 0.25) is 0 Å². The highest BCUT2D eigenvalue weighted by Gasteiger charge is 2.10. The molecule has 0 fully saturated rings. The summed E-state index contributed by atoms with van der Waals surface area (Å²) in [4.78, 5) is 32.1. The van der Waals surface area contributed by atoms with Crippen LogP contribution >= 0.6 is 0 Å². The highest BCUT2D eigenvalue weighted by Crippen LogP contribution is 2.15. The van der Waals surface area contributed by atoms with Crippen molar-refractivity contribution in [2.45, 2.75) is 40.0 Å². The molecule has 25 heavy (non-hydrogen) atoms. The number of nitrogens with zero attached hydrogens (tertiary/aromatic N) is 2. The number of aromatic nitrogens is 2. The van der Waals surface area contributed by atoms with E-state index in [1.54, 1.807) is 30.3 Å². The van der Waals surface area contributed by atoms with Crippen molar-refractivity contribution in [2.24, 2.45) is 0 Å². The summed E-state index contributed by atoms with van der Waals surface area (Å²) >= 11 is 0. The zero-order valence-electron chi connectivity index (χ0n) is 14.9. The number of ketones is 1. The summed E-state index contributed by atoms with van der Waals surface area (Å²) in [5, 5.41) is 5.95. The normalized spacial score (nSPS) is 10.4. The SMILES string of the molecule is CCCCCNC(=O)c1cc(C)nc(Nc2ccc(C(C)=O)cc2)n1. The Bertz CT molecular complexity index is 742. The van der Waals surface area contributed by atoms with E-state index in [2.05, 4.69) is 27.5 Å². The standard InChI is InChI=1S/C19H24N4O2/c1-4-5-6-11-20-18(25)17-12-13(2)21-19(23-17)22-16-9-7-15(8-10-16)14(3)24/h7-10,12H,4-6,11H2,1-3H3,(H,20,25)(H,21,22,23). The molecular weight excluding hydrogens is 316 g/mol. The summed E-state index contributed by atoms with van der Waals surface area (Å²) < 4.78 is 0. The molecule has 0 aliphatic carbocycles. The Labute approximate surface area is 148 Å². The number of benzene rings is 1. The smallest absolute Gasteiger partial charge is 0.270 e. The third kappa shape index (κ3) is 5.67. The summed E-state index contributed by atoms with van der Waals surface area (Å²) in [5.41, 5.74) is 2.44. The van der Waals surface area contributed by atoms with E-state index in [0.29, 0.717) is 29.4 Å². The van der Waals surface area contributed by atoms with Crippen LogP contribution in [-0.4, -0.2) is 28.2 Å². The average molecular weight is 340 g/mol. The Morgan fingerprint density at radius 3 is 2.44 bits per heavy atom. The lowest BCUT2D eigenvalue weighted by Gasteiger charge is -2.09. The third-order valence-corrected chi connectivity index (χ3v) is 3.70. The van der Waals surface area contributed by atoms with Crippen LogP contribution in [0.3, 0.4) is 0 Å². The summed E-state index contributed by atoms with van der Waals surface area (Å²) in [7, 11) is 0.